The molecule has 3 rings (SSSR count). The van der Waals surface area contributed by atoms with E-state index >= 15 is 0 Å². The summed E-state index contributed by atoms with van der Waals surface area (Å²) < 4.78 is 5.31. The zero-order valence-corrected chi connectivity index (χ0v) is 12.1. The molecule has 0 radical (unpaired) electrons. The summed E-state index contributed by atoms with van der Waals surface area (Å²) in [5.74, 6) is 0.991. The molecular formula is C17H20N2O2. The molecular weight excluding hydrogens is 264 g/mol. The molecule has 0 spiro atoms. The number of benzene rings is 1. The van der Waals surface area contributed by atoms with Crippen molar-refractivity contribution in [2.24, 2.45) is 5.92 Å². The maximum Gasteiger partial charge on any atom is 0.225 e. The summed E-state index contributed by atoms with van der Waals surface area (Å²) in [5, 5.41) is 6.41. The normalized spacial score (nSPS) is 18.4. The Labute approximate surface area is 124 Å². The lowest BCUT2D eigenvalue weighted by molar-refractivity contribution is -0.125. The smallest absolute Gasteiger partial charge is 0.225 e. The van der Waals surface area contributed by atoms with Crippen molar-refractivity contribution in [2.75, 3.05) is 11.9 Å². The van der Waals surface area contributed by atoms with Crippen LogP contribution >= 0.6 is 0 Å². The average molecular weight is 284 g/mol. The average Bonchev–Trinajstić information content (AvgIpc) is 2.99. The molecule has 0 bridgehead atoms. The van der Waals surface area contributed by atoms with Crippen molar-refractivity contribution in [3.05, 3.63) is 54.0 Å². The van der Waals surface area contributed by atoms with Crippen LogP contribution in [0.15, 0.2) is 47.1 Å². The van der Waals surface area contributed by atoms with E-state index in [2.05, 4.69) is 22.8 Å². The van der Waals surface area contributed by atoms with Crippen LogP contribution in [0.5, 0.6) is 0 Å². The van der Waals surface area contributed by atoms with Crippen LogP contribution in [0.25, 0.3) is 0 Å². The number of carbonyl (C=O) groups is 1. The van der Waals surface area contributed by atoms with Crippen molar-refractivity contribution in [3.63, 3.8) is 0 Å². The third kappa shape index (κ3) is 3.27. The van der Waals surface area contributed by atoms with Crippen LogP contribution in [0.2, 0.25) is 0 Å². The Morgan fingerprint density at radius 2 is 2.24 bits per heavy atom. The van der Waals surface area contributed by atoms with Crippen LogP contribution in [0.3, 0.4) is 0 Å². The van der Waals surface area contributed by atoms with Gasteiger partial charge in [-0.1, -0.05) is 18.2 Å². The Hall–Kier alpha value is -2.23. The Balaban J connectivity index is 1.56. The lowest BCUT2D eigenvalue weighted by atomic mass is 9.93. The molecule has 4 heteroatoms. The summed E-state index contributed by atoms with van der Waals surface area (Å²) in [5.41, 5.74) is 2.35. The van der Waals surface area contributed by atoms with Gasteiger partial charge in [0.2, 0.25) is 5.91 Å². The van der Waals surface area contributed by atoms with Gasteiger partial charge >= 0.3 is 0 Å². The van der Waals surface area contributed by atoms with E-state index in [0.717, 1.165) is 24.3 Å². The minimum Gasteiger partial charge on any atom is -0.469 e. The number of furan rings is 1. The van der Waals surface area contributed by atoms with Crippen LogP contribution in [0, 0.1) is 5.92 Å². The summed E-state index contributed by atoms with van der Waals surface area (Å²) >= 11 is 0. The van der Waals surface area contributed by atoms with E-state index in [1.807, 2.05) is 31.2 Å². The van der Waals surface area contributed by atoms with Crippen molar-refractivity contribution in [1.29, 1.82) is 0 Å². The zero-order valence-electron chi connectivity index (χ0n) is 12.1. The Kier molecular flexibility index (Phi) is 3.95. The molecule has 2 N–H and O–H groups in total. The molecule has 1 amide bonds. The molecule has 1 aromatic carbocycles. The van der Waals surface area contributed by atoms with E-state index in [4.69, 9.17) is 4.42 Å². The number of para-hydroxylation sites is 1. The van der Waals surface area contributed by atoms with Crippen LogP contribution in [-0.4, -0.2) is 18.5 Å². The Morgan fingerprint density at radius 3 is 3.05 bits per heavy atom. The Morgan fingerprint density at radius 1 is 1.38 bits per heavy atom. The summed E-state index contributed by atoms with van der Waals surface area (Å²) in [7, 11) is 0. The summed E-state index contributed by atoms with van der Waals surface area (Å²) in [6, 6.07) is 12.0. The molecule has 0 aliphatic carbocycles. The van der Waals surface area contributed by atoms with Crippen molar-refractivity contribution in [2.45, 2.75) is 25.8 Å². The zero-order chi connectivity index (χ0) is 14.7. The maximum atomic E-state index is 12.4. The van der Waals surface area contributed by atoms with Crippen molar-refractivity contribution in [1.82, 2.24) is 5.32 Å². The third-order valence-corrected chi connectivity index (χ3v) is 3.87. The second-order valence-corrected chi connectivity index (χ2v) is 5.63. The maximum absolute atomic E-state index is 12.4. The second-order valence-electron chi connectivity index (χ2n) is 5.63. The van der Waals surface area contributed by atoms with Gasteiger partial charge in [-0.2, -0.15) is 0 Å². The van der Waals surface area contributed by atoms with Gasteiger partial charge in [-0.25, -0.2) is 0 Å². The molecule has 0 saturated carbocycles. The largest absolute Gasteiger partial charge is 0.469 e. The standard InChI is InChI=1S/C17H20N2O2/c1-12(9-15-6-4-8-21-15)19-17(20)14-10-13-5-2-3-7-16(13)18-11-14/h2-8,12,14,18H,9-11H2,1H3,(H,19,20). The number of hydrogen-bond donors (Lipinski definition) is 2. The number of anilines is 1. The minimum absolute atomic E-state index is 0.0149. The van der Waals surface area contributed by atoms with Gasteiger partial charge in [-0.3, -0.25) is 4.79 Å². The molecule has 2 heterocycles. The first-order valence-electron chi connectivity index (χ1n) is 7.37. The fraction of sp³-hybridized carbons (Fsp3) is 0.353. The van der Waals surface area contributed by atoms with Gasteiger partial charge in [-0.05, 0) is 37.1 Å². The first kappa shape index (κ1) is 13.7. The molecule has 1 aliphatic heterocycles. The molecule has 21 heavy (non-hydrogen) atoms. The molecule has 2 unspecified atom stereocenters. The number of amides is 1. The highest BCUT2D eigenvalue weighted by Gasteiger charge is 2.25. The SMILES string of the molecule is CC(Cc1ccco1)NC(=O)C1CNc2ccccc2C1. The fourth-order valence-corrected chi connectivity index (χ4v) is 2.77. The fourth-order valence-electron chi connectivity index (χ4n) is 2.77. The summed E-state index contributed by atoms with van der Waals surface area (Å²) in [6.45, 7) is 2.70. The lowest BCUT2D eigenvalue weighted by Gasteiger charge is -2.26. The van der Waals surface area contributed by atoms with Gasteiger partial charge in [0.05, 0.1) is 12.2 Å². The minimum atomic E-state index is -0.0149. The number of rotatable bonds is 4. The Bertz CT molecular complexity index is 607. The molecule has 0 saturated heterocycles. The highest BCUT2D eigenvalue weighted by Crippen LogP contribution is 2.24. The molecule has 2 aromatic rings. The quantitative estimate of drug-likeness (QED) is 0.907. The lowest BCUT2D eigenvalue weighted by Crippen LogP contribution is -2.42. The van der Waals surface area contributed by atoms with E-state index in [-0.39, 0.29) is 17.9 Å². The first-order chi connectivity index (χ1) is 10.2. The predicted octanol–water partition coefficient (Wildman–Crippen LogP) is 2.61. The second kappa shape index (κ2) is 6.04. The highest BCUT2D eigenvalue weighted by molar-refractivity contribution is 5.81. The van der Waals surface area contributed by atoms with Crippen molar-refractivity contribution < 1.29 is 9.21 Å². The predicted molar refractivity (Wildman–Crippen MR) is 82.1 cm³/mol. The van der Waals surface area contributed by atoms with E-state index < -0.39 is 0 Å². The molecule has 2 atom stereocenters. The molecule has 110 valence electrons. The third-order valence-electron chi connectivity index (χ3n) is 3.87. The van der Waals surface area contributed by atoms with E-state index in [1.165, 1.54) is 5.56 Å². The molecule has 1 aromatic heterocycles. The van der Waals surface area contributed by atoms with Crippen LogP contribution in [-0.2, 0) is 17.6 Å². The van der Waals surface area contributed by atoms with Crippen LogP contribution in [0.4, 0.5) is 5.69 Å². The van der Waals surface area contributed by atoms with Gasteiger partial charge in [-0.15, -0.1) is 0 Å². The van der Waals surface area contributed by atoms with E-state index in [9.17, 15) is 4.79 Å². The molecule has 4 nitrogen and oxygen atoms in total. The number of nitrogens with one attached hydrogen (secondary N) is 2. The summed E-state index contributed by atoms with van der Waals surface area (Å²) in [6.07, 6.45) is 3.17. The highest BCUT2D eigenvalue weighted by atomic mass is 16.3. The number of fused-ring (bicyclic) bond motifs is 1. The summed E-state index contributed by atoms with van der Waals surface area (Å²) in [4.78, 5) is 12.4. The number of carbonyl (C=O) groups excluding carboxylic acids is 1. The van der Waals surface area contributed by atoms with Crippen molar-refractivity contribution in [3.8, 4) is 0 Å². The van der Waals surface area contributed by atoms with Gasteiger partial charge in [0, 0.05) is 24.7 Å². The van der Waals surface area contributed by atoms with Gasteiger partial charge < -0.3 is 15.1 Å². The van der Waals surface area contributed by atoms with Gasteiger partial charge in [0.25, 0.3) is 0 Å². The van der Waals surface area contributed by atoms with Gasteiger partial charge in [0.15, 0.2) is 0 Å². The van der Waals surface area contributed by atoms with E-state index in [1.54, 1.807) is 6.26 Å². The monoisotopic (exact) mass is 284 g/mol. The number of hydrogen-bond acceptors (Lipinski definition) is 3. The van der Waals surface area contributed by atoms with Crippen LogP contribution in [0.1, 0.15) is 18.2 Å². The van der Waals surface area contributed by atoms with Gasteiger partial charge in [0.1, 0.15) is 5.76 Å². The molecule has 0 fully saturated rings. The van der Waals surface area contributed by atoms with E-state index in [0.29, 0.717) is 6.54 Å². The van der Waals surface area contributed by atoms with Crippen molar-refractivity contribution >= 4 is 11.6 Å². The first-order valence-corrected chi connectivity index (χ1v) is 7.37. The van der Waals surface area contributed by atoms with Crippen LogP contribution < -0.4 is 10.6 Å². The topological polar surface area (TPSA) is 54.3 Å². The molecule has 1 aliphatic rings.